The van der Waals surface area contributed by atoms with Crippen molar-refractivity contribution >= 4 is 28.6 Å². The predicted octanol–water partition coefficient (Wildman–Crippen LogP) is 5.48. The maximum Gasteiger partial charge on any atom is 0.258 e. The first-order valence-electron chi connectivity index (χ1n) is 11.5. The maximum atomic E-state index is 13.2. The van der Waals surface area contributed by atoms with Crippen LogP contribution in [0, 0.1) is 0 Å². The second-order valence-electron chi connectivity index (χ2n) is 8.11. The van der Waals surface area contributed by atoms with Crippen molar-refractivity contribution in [2.45, 2.75) is 20.4 Å². The summed E-state index contributed by atoms with van der Waals surface area (Å²) in [5.74, 6) is 0.971. The Labute approximate surface area is 201 Å². The number of benzene rings is 3. The van der Waals surface area contributed by atoms with Gasteiger partial charge in [-0.05, 0) is 42.4 Å². The fourth-order valence-corrected chi connectivity index (χ4v) is 4.17. The van der Waals surface area contributed by atoms with Crippen LogP contribution in [0.25, 0.3) is 11.3 Å². The van der Waals surface area contributed by atoms with Gasteiger partial charge in [-0.3, -0.25) is 9.69 Å². The van der Waals surface area contributed by atoms with Gasteiger partial charge in [-0.15, -0.1) is 0 Å². The summed E-state index contributed by atoms with van der Waals surface area (Å²) in [6.07, 6.45) is 0. The van der Waals surface area contributed by atoms with Crippen LogP contribution in [0.5, 0.6) is 11.5 Å². The molecular formula is C28H31N3O3. The number of nitrogens with zero attached hydrogens (tertiary/aromatic N) is 1. The van der Waals surface area contributed by atoms with E-state index in [1.807, 2.05) is 36.4 Å². The van der Waals surface area contributed by atoms with Crippen molar-refractivity contribution in [3.63, 3.8) is 0 Å². The highest BCUT2D eigenvalue weighted by molar-refractivity contribution is 6.37. The Morgan fingerprint density at radius 2 is 1.56 bits per heavy atom. The second-order valence-corrected chi connectivity index (χ2v) is 8.11. The standard InChI is InChI=1S/C28H31N3O3/c1-5-31(6-2)18-19-12-14-21(15-13-19)29-27(20-10-8-7-9-11-20)26-22-16-24(33-3)25(34-4)17-23(22)30-28(26)32/h7-17,29H,5-6,18H2,1-4H3,(H,30,32)/b27-26-. The largest absolute Gasteiger partial charge is 0.493 e. The van der Waals surface area contributed by atoms with E-state index in [4.69, 9.17) is 9.47 Å². The number of methoxy groups -OCH3 is 2. The molecule has 0 atom stereocenters. The number of hydrogen-bond acceptors (Lipinski definition) is 5. The summed E-state index contributed by atoms with van der Waals surface area (Å²) in [5.41, 5.74) is 5.85. The molecule has 0 bridgehead atoms. The molecule has 176 valence electrons. The van der Waals surface area contributed by atoms with Gasteiger partial charge in [-0.2, -0.15) is 0 Å². The molecule has 6 heteroatoms. The number of hydrogen-bond donors (Lipinski definition) is 2. The minimum atomic E-state index is -0.171. The normalized spacial score (nSPS) is 14.0. The van der Waals surface area contributed by atoms with E-state index in [2.05, 4.69) is 53.6 Å². The molecule has 1 aliphatic heterocycles. The lowest BCUT2D eigenvalue weighted by molar-refractivity contribution is -0.110. The van der Waals surface area contributed by atoms with E-state index >= 15 is 0 Å². The molecule has 0 unspecified atom stereocenters. The molecule has 0 aliphatic carbocycles. The number of anilines is 2. The zero-order valence-electron chi connectivity index (χ0n) is 20.1. The van der Waals surface area contributed by atoms with Crippen LogP contribution in [0.1, 0.15) is 30.5 Å². The first kappa shape index (κ1) is 23.4. The minimum Gasteiger partial charge on any atom is -0.493 e. The molecule has 1 heterocycles. The fourth-order valence-electron chi connectivity index (χ4n) is 4.17. The summed E-state index contributed by atoms with van der Waals surface area (Å²) in [4.78, 5) is 15.6. The summed E-state index contributed by atoms with van der Waals surface area (Å²) in [6.45, 7) is 7.30. The van der Waals surface area contributed by atoms with Crippen LogP contribution in [0.4, 0.5) is 11.4 Å². The molecule has 4 rings (SSSR count). The average Bonchev–Trinajstić information content (AvgIpc) is 3.20. The van der Waals surface area contributed by atoms with Crippen LogP contribution in [-0.2, 0) is 11.3 Å². The van der Waals surface area contributed by atoms with E-state index in [1.165, 1.54) is 5.56 Å². The first-order valence-corrected chi connectivity index (χ1v) is 11.5. The molecule has 6 nitrogen and oxygen atoms in total. The Hall–Kier alpha value is -3.77. The molecule has 0 radical (unpaired) electrons. The molecule has 1 amide bonds. The van der Waals surface area contributed by atoms with Crippen molar-refractivity contribution in [1.29, 1.82) is 0 Å². The van der Waals surface area contributed by atoms with E-state index in [0.717, 1.165) is 42.1 Å². The third-order valence-electron chi connectivity index (χ3n) is 6.10. The van der Waals surface area contributed by atoms with Crippen LogP contribution < -0.4 is 20.1 Å². The maximum absolute atomic E-state index is 13.2. The molecule has 2 N–H and O–H groups in total. The number of rotatable bonds is 9. The van der Waals surface area contributed by atoms with Crippen LogP contribution in [-0.4, -0.2) is 38.1 Å². The summed E-state index contributed by atoms with van der Waals surface area (Å²) >= 11 is 0. The van der Waals surface area contributed by atoms with Gasteiger partial charge in [-0.1, -0.05) is 56.3 Å². The van der Waals surface area contributed by atoms with E-state index in [1.54, 1.807) is 20.3 Å². The molecule has 0 saturated carbocycles. The molecule has 0 aromatic heterocycles. The highest BCUT2D eigenvalue weighted by Crippen LogP contribution is 2.43. The minimum absolute atomic E-state index is 0.171. The van der Waals surface area contributed by atoms with Crippen LogP contribution >= 0.6 is 0 Å². The van der Waals surface area contributed by atoms with Gasteiger partial charge < -0.3 is 20.1 Å². The van der Waals surface area contributed by atoms with E-state index < -0.39 is 0 Å². The van der Waals surface area contributed by atoms with E-state index in [9.17, 15) is 4.79 Å². The summed E-state index contributed by atoms with van der Waals surface area (Å²) in [6, 6.07) is 21.9. The molecule has 3 aromatic rings. The number of fused-ring (bicyclic) bond motifs is 1. The second kappa shape index (κ2) is 10.4. The number of ether oxygens (including phenoxy) is 2. The number of amides is 1. The number of carbonyl (C=O) groups excluding carboxylic acids is 1. The van der Waals surface area contributed by atoms with Gasteiger partial charge in [0.15, 0.2) is 11.5 Å². The van der Waals surface area contributed by atoms with Crippen LogP contribution in [0.15, 0.2) is 66.7 Å². The number of nitrogens with one attached hydrogen (secondary N) is 2. The van der Waals surface area contributed by atoms with Crippen molar-refractivity contribution < 1.29 is 14.3 Å². The Kier molecular flexibility index (Phi) is 7.18. The number of carbonyl (C=O) groups is 1. The van der Waals surface area contributed by atoms with Gasteiger partial charge in [0.05, 0.1) is 31.2 Å². The monoisotopic (exact) mass is 457 g/mol. The molecule has 3 aromatic carbocycles. The van der Waals surface area contributed by atoms with Crippen molar-refractivity contribution in [1.82, 2.24) is 4.90 Å². The Bertz CT molecular complexity index is 1180. The molecule has 34 heavy (non-hydrogen) atoms. The lowest BCUT2D eigenvalue weighted by Gasteiger charge is -2.19. The quantitative estimate of drug-likeness (QED) is 0.417. The Morgan fingerprint density at radius 3 is 2.18 bits per heavy atom. The van der Waals surface area contributed by atoms with Gasteiger partial charge >= 0.3 is 0 Å². The van der Waals surface area contributed by atoms with Crippen molar-refractivity contribution in [2.24, 2.45) is 0 Å². The summed E-state index contributed by atoms with van der Waals surface area (Å²) in [7, 11) is 3.17. The molecular weight excluding hydrogens is 426 g/mol. The third-order valence-corrected chi connectivity index (χ3v) is 6.10. The van der Waals surface area contributed by atoms with Gasteiger partial charge in [0.1, 0.15) is 0 Å². The summed E-state index contributed by atoms with van der Waals surface area (Å²) < 4.78 is 10.9. The molecule has 0 spiro atoms. The van der Waals surface area contributed by atoms with E-state index in [0.29, 0.717) is 22.8 Å². The van der Waals surface area contributed by atoms with Crippen molar-refractivity contribution in [3.8, 4) is 11.5 Å². The lowest BCUT2D eigenvalue weighted by atomic mass is 9.99. The van der Waals surface area contributed by atoms with E-state index in [-0.39, 0.29) is 5.91 Å². The average molecular weight is 458 g/mol. The van der Waals surface area contributed by atoms with Gasteiger partial charge in [-0.25, -0.2) is 0 Å². The van der Waals surface area contributed by atoms with Gasteiger partial charge in [0, 0.05) is 23.9 Å². The van der Waals surface area contributed by atoms with Crippen LogP contribution in [0.2, 0.25) is 0 Å². The van der Waals surface area contributed by atoms with Gasteiger partial charge in [0.25, 0.3) is 5.91 Å². The van der Waals surface area contributed by atoms with Crippen LogP contribution in [0.3, 0.4) is 0 Å². The zero-order chi connectivity index (χ0) is 24.1. The van der Waals surface area contributed by atoms with Gasteiger partial charge in [0.2, 0.25) is 0 Å². The first-order chi connectivity index (χ1) is 16.6. The molecule has 1 aliphatic rings. The van der Waals surface area contributed by atoms with Crippen molar-refractivity contribution in [2.75, 3.05) is 37.9 Å². The molecule has 0 saturated heterocycles. The highest BCUT2D eigenvalue weighted by atomic mass is 16.5. The topological polar surface area (TPSA) is 62.8 Å². The molecule has 0 fully saturated rings. The Balaban J connectivity index is 1.76. The summed E-state index contributed by atoms with van der Waals surface area (Å²) in [5, 5.41) is 6.49. The predicted molar refractivity (Wildman–Crippen MR) is 138 cm³/mol. The SMILES string of the molecule is CCN(CC)Cc1ccc(N/C(=C2\C(=O)Nc3cc(OC)c(OC)cc32)c2ccccc2)cc1. The Morgan fingerprint density at radius 1 is 0.912 bits per heavy atom. The fraction of sp³-hybridized carbons (Fsp3) is 0.250. The zero-order valence-corrected chi connectivity index (χ0v) is 20.1. The highest BCUT2D eigenvalue weighted by Gasteiger charge is 2.30. The smallest absolute Gasteiger partial charge is 0.258 e. The third kappa shape index (κ3) is 4.77. The lowest BCUT2D eigenvalue weighted by Crippen LogP contribution is -2.22. The van der Waals surface area contributed by atoms with Crippen molar-refractivity contribution in [3.05, 3.63) is 83.4 Å².